The van der Waals surface area contributed by atoms with Gasteiger partial charge in [-0.1, -0.05) is 29.8 Å². The summed E-state index contributed by atoms with van der Waals surface area (Å²) in [5.41, 5.74) is 0.407. The molecule has 5 nitrogen and oxygen atoms in total. The third kappa shape index (κ3) is 2.70. The third-order valence-corrected chi connectivity index (χ3v) is 4.75. The lowest BCUT2D eigenvalue weighted by Gasteiger charge is -2.28. The number of carboxylic acid groups (broad SMARTS) is 1. The minimum Gasteiger partial charge on any atom is -0.479 e. The molecule has 2 bridgehead atoms. The number of hydrogen-bond acceptors (Lipinski definition) is 2. The molecule has 3 atom stereocenters. The molecule has 3 rings (SSSR count). The number of carbonyl (C=O) groups is 2. The number of benzene rings is 1. The van der Waals surface area contributed by atoms with Crippen LogP contribution < -0.4 is 5.32 Å². The molecule has 1 aliphatic heterocycles. The Balaban J connectivity index is 1.75. The quantitative estimate of drug-likeness (QED) is 0.902. The van der Waals surface area contributed by atoms with Crippen LogP contribution >= 0.6 is 11.6 Å². The van der Waals surface area contributed by atoms with E-state index >= 15 is 0 Å². The van der Waals surface area contributed by atoms with Crippen LogP contribution in [0, 0.1) is 5.92 Å². The van der Waals surface area contributed by atoms with Gasteiger partial charge >= 0.3 is 12.0 Å². The van der Waals surface area contributed by atoms with Crippen molar-refractivity contribution in [3.05, 3.63) is 34.9 Å². The number of fused-ring (bicyclic) bond motifs is 2. The number of carboxylic acids is 1. The number of urea groups is 1. The lowest BCUT2D eigenvalue weighted by molar-refractivity contribution is -0.139. The van der Waals surface area contributed by atoms with E-state index in [2.05, 4.69) is 5.32 Å². The van der Waals surface area contributed by atoms with Gasteiger partial charge in [-0.3, -0.25) is 0 Å². The molecule has 1 aromatic carbocycles. The molecule has 2 N–H and O–H groups in total. The lowest BCUT2D eigenvalue weighted by Crippen LogP contribution is -2.47. The van der Waals surface area contributed by atoms with Gasteiger partial charge in [-0.05, 0) is 31.2 Å². The Labute approximate surface area is 127 Å². The van der Waals surface area contributed by atoms with E-state index in [4.69, 9.17) is 11.6 Å². The van der Waals surface area contributed by atoms with Gasteiger partial charge < -0.3 is 15.3 Å². The fraction of sp³-hybridized carbons (Fsp3) is 0.467. The summed E-state index contributed by atoms with van der Waals surface area (Å²) in [6.45, 7) is 0.728. The summed E-state index contributed by atoms with van der Waals surface area (Å²) in [6.07, 6.45) is 3.22. The molecule has 1 aromatic rings. The van der Waals surface area contributed by atoms with Gasteiger partial charge in [-0.25, -0.2) is 9.59 Å². The lowest BCUT2D eigenvalue weighted by atomic mass is 10.1. The molecule has 1 heterocycles. The van der Waals surface area contributed by atoms with Crippen LogP contribution in [0.4, 0.5) is 4.79 Å². The van der Waals surface area contributed by atoms with E-state index in [0.29, 0.717) is 16.5 Å². The summed E-state index contributed by atoms with van der Waals surface area (Å²) in [5, 5.41) is 12.3. The Morgan fingerprint density at radius 2 is 2.10 bits per heavy atom. The predicted molar refractivity (Wildman–Crippen MR) is 78.2 cm³/mol. The normalized spacial score (nSPS) is 24.9. The number of amides is 2. The van der Waals surface area contributed by atoms with Crippen LogP contribution in [0.5, 0.6) is 0 Å². The maximum atomic E-state index is 12.3. The van der Waals surface area contributed by atoms with Crippen LogP contribution in [0.3, 0.4) is 0 Å². The van der Waals surface area contributed by atoms with Crippen molar-refractivity contribution in [2.75, 3.05) is 6.54 Å². The zero-order valence-electron chi connectivity index (χ0n) is 11.5. The second-order valence-electron chi connectivity index (χ2n) is 5.73. The number of hydrogen-bond donors (Lipinski definition) is 2. The van der Waals surface area contributed by atoms with Gasteiger partial charge in [0.05, 0.1) is 0 Å². The SMILES string of the molecule is O=C(O)[C@H](NC(=O)N1CC2CCC1C2)c1ccccc1Cl. The number of aliphatic carboxylic acids is 1. The largest absolute Gasteiger partial charge is 0.479 e. The molecule has 0 spiro atoms. The monoisotopic (exact) mass is 308 g/mol. The molecule has 1 saturated carbocycles. The average molecular weight is 309 g/mol. The molecule has 1 saturated heterocycles. The summed E-state index contributed by atoms with van der Waals surface area (Å²) in [7, 11) is 0. The van der Waals surface area contributed by atoms with Crippen LogP contribution in [0.2, 0.25) is 5.02 Å². The molecule has 0 radical (unpaired) electrons. The van der Waals surface area contributed by atoms with Crippen molar-refractivity contribution >= 4 is 23.6 Å². The maximum Gasteiger partial charge on any atom is 0.331 e. The summed E-state index contributed by atoms with van der Waals surface area (Å²) in [4.78, 5) is 25.6. The molecule has 1 aliphatic carbocycles. The van der Waals surface area contributed by atoms with Crippen LogP contribution in [0.1, 0.15) is 30.9 Å². The first kappa shape index (κ1) is 14.2. The fourth-order valence-corrected chi connectivity index (χ4v) is 3.61. The zero-order chi connectivity index (χ0) is 15.0. The highest BCUT2D eigenvalue weighted by Crippen LogP contribution is 2.37. The van der Waals surface area contributed by atoms with Crippen molar-refractivity contribution in [1.29, 1.82) is 0 Å². The molecule has 6 heteroatoms. The van der Waals surface area contributed by atoms with E-state index in [1.807, 2.05) is 0 Å². The molecule has 2 unspecified atom stereocenters. The summed E-state index contributed by atoms with van der Waals surface area (Å²) in [5.74, 6) is -0.537. The van der Waals surface area contributed by atoms with Gasteiger partial charge in [0.25, 0.3) is 0 Å². The van der Waals surface area contributed by atoms with Gasteiger partial charge in [0.2, 0.25) is 0 Å². The van der Waals surface area contributed by atoms with Gasteiger partial charge in [-0.2, -0.15) is 0 Å². The highest BCUT2D eigenvalue weighted by atomic mass is 35.5. The first-order chi connectivity index (χ1) is 10.1. The van der Waals surface area contributed by atoms with E-state index < -0.39 is 12.0 Å². The van der Waals surface area contributed by atoms with Crippen LogP contribution in [0.25, 0.3) is 0 Å². The molecule has 112 valence electrons. The van der Waals surface area contributed by atoms with E-state index in [1.54, 1.807) is 29.2 Å². The Hall–Kier alpha value is -1.75. The third-order valence-electron chi connectivity index (χ3n) is 4.40. The Bertz CT molecular complexity index is 578. The van der Waals surface area contributed by atoms with Gasteiger partial charge in [0.1, 0.15) is 0 Å². The minimum atomic E-state index is -1.12. The number of halogens is 1. The number of nitrogens with one attached hydrogen (secondary N) is 1. The van der Waals surface area contributed by atoms with E-state index in [9.17, 15) is 14.7 Å². The van der Waals surface area contributed by atoms with E-state index in [1.165, 1.54) is 6.42 Å². The first-order valence-electron chi connectivity index (χ1n) is 7.10. The van der Waals surface area contributed by atoms with Crippen LogP contribution in [-0.4, -0.2) is 34.6 Å². The number of nitrogens with zero attached hydrogens (tertiary/aromatic N) is 1. The molecule has 0 aromatic heterocycles. The van der Waals surface area contributed by atoms with Crippen molar-refractivity contribution in [3.8, 4) is 0 Å². The predicted octanol–water partition coefficient (Wildman–Crippen LogP) is 2.66. The second-order valence-corrected chi connectivity index (χ2v) is 6.13. The molecule has 2 amide bonds. The molecule has 2 fully saturated rings. The second kappa shape index (κ2) is 5.56. The number of carbonyl (C=O) groups excluding carboxylic acids is 1. The fourth-order valence-electron chi connectivity index (χ4n) is 3.36. The van der Waals surface area contributed by atoms with Crippen LogP contribution in [-0.2, 0) is 4.79 Å². The highest BCUT2D eigenvalue weighted by Gasteiger charge is 2.41. The first-order valence-corrected chi connectivity index (χ1v) is 7.48. The molecular weight excluding hydrogens is 292 g/mol. The Kier molecular flexibility index (Phi) is 3.76. The van der Waals surface area contributed by atoms with E-state index in [-0.39, 0.29) is 12.1 Å². The van der Waals surface area contributed by atoms with Gasteiger partial charge in [0, 0.05) is 23.2 Å². The van der Waals surface area contributed by atoms with Gasteiger partial charge in [-0.15, -0.1) is 0 Å². The topological polar surface area (TPSA) is 69.6 Å². The standard InChI is InChI=1S/C15H17ClN2O3/c16-12-4-2-1-3-11(12)13(14(19)20)17-15(21)18-8-9-5-6-10(18)7-9/h1-4,9-10,13H,5-8H2,(H,17,21)(H,19,20)/t9?,10?,13-/m1/s1. The van der Waals surface area contributed by atoms with Crippen molar-refractivity contribution in [1.82, 2.24) is 10.2 Å². The molecular formula is C15H17ClN2O3. The maximum absolute atomic E-state index is 12.3. The highest BCUT2D eigenvalue weighted by molar-refractivity contribution is 6.31. The van der Waals surface area contributed by atoms with Crippen molar-refractivity contribution in [3.63, 3.8) is 0 Å². The molecule has 2 aliphatic rings. The number of rotatable bonds is 3. The van der Waals surface area contributed by atoms with E-state index in [0.717, 1.165) is 19.4 Å². The summed E-state index contributed by atoms with van der Waals surface area (Å²) >= 11 is 6.04. The Morgan fingerprint density at radius 3 is 2.67 bits per heavy atom. The van der Waals surface area contributed by atoms with Crippen molar-refractivity contribution < 1.29 is 14.7 Å². The molecule has 21 heavy (non-hydrogen) atoms. The van der Waals surface area contributed by atoms with Crippen LogP contribution in [0.15, 0.2) is 24.3 Å². The number of piperidine rings is 1. The zero-order valence-corrected chi connectivity index (χ0v) is 12.2. The Morgan fingerprint density at radius 1 is 1.33 bits per heavy atom. The number of likely N-dealkylation sites (tertiary alicyclic amines) is 1. The van der Waals surface area contributed by atoms with Crippen molar-refractivity contribution in [2.24, 2.45) is 5.92 Å². The van der Waals surface area contributed by atoms with Gasteiger partial charge in [0.15, 0.2) is 6.04 Å². The minimum absolute atomic E-state index is 0.260. The average Bonchev–Trinajstić information content (AvgIpc) is 3.08. The summed E-state index contributed by atoms with van der Waals surface area (Å²) in [6, 6.07) is 5.51. The smallest absolute Gasteiger partial charge is 0.331 e. The summed E-state index contributed by atoms with van der Waals surface area (Å²) < 4.78 is 0. The van der Waals surface area contributed by atoms with Crippen molar-refractivity contribution in [2.45, 2.75) is 31.3 Å².